The summed E-state index contributed by atoms with van der Waals surface area (Å²) in [5.74, 6) is 0.514. The van der Waals surface area contributed by atoms with Crippen molar-refractivity contribution in [2.24, 2.45) is 5.92 Å². The van der Waals surface area contributed by atoms with E-state index in [0.29, 0.717) is 23.8 Å². The number of nitrogens with two attached hydrogens (primary N) is 1. The van der Waals surface area contributed by atoms with Crippen molar-refractivity contribution in [2.45, 2.75) is 38.1 Å². The van der Waals surface area contributed by atoms with Crippen LogP contribution in [-0.2, 0) is 0 Å². The minimum absolute atomic E-state index is 0.0438. The van der Waals surface area contributed by atoms with Crippen LogP contribution in [-0.4, -0.2) is 47.2 Å². The van der Waals surface area contributed by atoms with Gasteiger partial charge in [-0.3, -0.25) is 9.89 Å². The summed E-state index contributed by atoms with van der Waals surface area (Å²) >= 11 is 0. The number of hydrogen-bond donors (Lipinski definition) is 3. The average Bonchev–Trinajstić information content (AvgIpc) is 2.82. The first-order chi connectivity index (χ1) is 9.44. The standard InChI is InChI=1S/C14H25N5O/c1-10-5-4-6-14(7-10,19(2)3)9-16-13(20)12-11(15)8-17-18-12/h8,10H,4-7,9,15H2,1-3H3,(H,16,20)(H,17,18). The highest BCUT2D eigenvalue weighted by molar-refractivity contribution is 5.96. The molecule has 6 heteroatoms. The van der Waals surface area contributed by atoms with Gasteiger partial charge >= 0.3 is 0 Å². The van der Waals surface area contributed by atoms with Gasteiger partial charge in [-0.25, -0.2) is 0 Å². The molecule has 0 radical (unpaired) electrons. The van der Waals surface area contributed by atoms with E-state index >= 15 is 0 Å². The molecular weight excluding hydrogens is 254 g/mol. The van der Waals surface area contributed by atoms with Gasteiger partial charge in [0, 0.05) is 12.1 Å². The molecule has 0 spiro atoms. The molecule has 2 unspecified atom stereocenters. The SMILES string of the molecule is CC1CCCC(CNC(=O)c2[nH]ncc2N)(N(C)C)C1. The Hall–Kier alpha value is -1.56. The highest BCUT2D eigenvalue weighted by Crippen LogP contribution is 2.35. The van der Waals surface area contributed by atoms with Crippen molar-refractivity contribution >= 4 is 11.6 Å². The fourth-order valence-corrected chi connectivity index (χ4v) is 3.17. The molecule has 1 aliphatic rings. The van der Waals surface area contributed by atoms with E-state index in [1.54, 1.807) is 0 Å². The molecule has 112 valence electrons. The summed E-state index contributed by atoms with van der Waals surface area (Å²) in [5.41, 5.74) is 6.48. The molecule has 1 aliphatic carbocycles. The van der Waals surface area contributed by atoms with E-state index in [4.69, 9.17) is 5.73 Å². The number of amides is 1. The molecule has 1 saturated carbocycles. The number of hydrogen-bond acceptors (Lipinski definition) is 4. The van der Waals surface area contributed by atoms with Crippen molar-refractivity contribution in [3.05, 3.63) is 11.9 Å². The van der Waals surface area contributed by atoms with E-state index in [1.165, 1.54) is 19.0 Å². The molecule has 2 atom stereocenters. The zero-order valence-corrected chi connectivity index (χ0v) is 12.6. The summed E-state index contributed by atoms with van der Waals surface area (Å²) in [6, 6.07) is 0. The first kappa shape index (κ1) is 14.8. The van der Waals surface area contributed by atoms with Crippen LogP contribution in [0.15, 0.2) is 6.20 Å². The number of carbonyl (C=O) groups is 1. The van der Waals surface area contributed by atoms with E-state index in [0.717, 1.165) is 12.8 Å². The maximum Gasteiger partial charge on any atom is 0.271 e. The number of aromatic nitrogens is 2. The summed E-state index contributed by atoms with van der Waals surface area (Å²) in [4.78, 5) is 14.4. The Morgan fingerprint density at radius 2 is 2.40 bits per heavy atom. The highest BCUT2D eigenvalue weighted by Gasteiger charge is 2.37. The van der Waals surface area contributed by atoms with Crippen LogP contribution in [0, 0.1) is 5.92 Å². The van der Waals surface area contributed by atoms with Crippen molar-refractivity contribution < 1.29 is 4.79 Å². The Balaban J connectivity index is 2.03. The van der Waals surface area contributed by atoms with E-state index in [9.17, 15) is 4.79 Å². The lowest BCUT2D eigenvalue weighted by molar-refractivity contribution is 0.0673. The van der Waals surface area contributed by atoms with Crippen molar-refractivity contribution in [2.75, 3.05) is 26.4 Å². The Morgan fingerprint density at radius 3 is 2.95 bits per heavy atom. The first-order valence-corrected chi connectivity index (χ1v) is 7.19. The van der Waals surface area contributed by atoms with E-state index in [2.05, 4.69) is 41.4 Å². The fourth-order valence-electron chi connectivity index (χ4n) is 3.17. The molecule has 1 amide bonds. The van der Waals surface area contributed by atoms with E-state index < -0.39 is 0 Å². The topological polar surface area (TPSA) is 87.0 Å². The van der Waals surface area contributed by atoms with Gasteiger partial charge in [-0.05, 0) is 32.9 Å². The van der Waals surface area contributed by atoms with Gasteiger partial charge in [-0.1, -0.05) is 19.8 Å². The summed E-state index contributed by atoms with van der Waals surface area (Å²) in [7, 11) is 4.18. The van der Waals surface area contributed by atoms with Crippen LogP contribution in [0.2, 0.25) is 0 Å². The Bertz CT molecular complexity index is 470. The maximum atomic E-state index is 12.1. The molecule has 6 nitrogen and oxygen atoms in total. The molecule has 1 aromatic rings. The van der Waals surface area contributed by atoms with Crippen LogP contribution in [0.4, 0.5) is 5.69 Å². The Kier molecular flexibility index (Phi) is 4.32. The predicted octanol–water partition coefficient (Wildman–Crippen LogP) is 1.23. The number of anilines is 1. The molecule has 1 fully saturated rings. The quantitative estimate of drug-likeness (QED) is 0.773. The van der Waals surface area contributed by atoms with E-state index in [-0.39, 0.29) is 11.4 Å². The smallest absolute Gasteiger partial charge is 0.271 e. The van der Waals surface area contributed by atoms with Crippen LogP contribution in [0.1, 0.15) is 43.1 Å². The predicted molar refractivity (Wildman–Crippen MR) is 79.4 cm³/mol. The number of nitrogens with one attached hydrogen (secondary N) is 2. The number of rotatable bonds is 4. The molecule has 20 heavy (non-hydrogen) atoms. The molecule has 2 rings (SSSR count). The average molecular weight is 279 g/mol. The highest BCUT2D eigenvalue weighted by atomic mass is 16.2. The molecular formula is C14H25N5O. The van der Waals surface area contributed by atoms with Gasteiger partial charge in [0.2, 0.25) is 0 Å². The molecule has 0 saturated heterocycles. The van der Waals surface area contributed by atoms with Gasteiger partial charge in [0.1, 0.15) is 5.69 Å². The second-order valence-corrected chi connectivity index (χ2v) is 6.20. The van der Waals surface area contributed by atoms with Crippen LogP contribution < -0.4 is 11.1 Å². The summed E-state index contributed by atoms with van der Waals surface area (Å²) < 4.78 is 0. The van der Waals surface area contributed by atoms with Crippen LogP contribution >= 0.6 is 0 Å². The minimum atomic E-state index is -0.181. The third kappa shape index (κ3) is 2.95. The molecule has 4 N–H and O–H groups in total. The normalized spacial score (nSPS) is 26.7. The van der Waals surface area contributed by atoms with Crippen LogP contribution in [0.25, 0.3) is 0 Å². The summed E-state index contributed by atoms with van der Waals surface area (Å²) in [6.45, 7) is 2.92. The summed E-state index contributed by atoms with van der Waals surface area (Å²) in [5, 5.41) is 9.43. The third-order valence-electron chi connectivity index (χ3n) is 4.49. The molecule has 1 heterocycles. The zero-order chi connectivity index (χ0) is 14.8. The Labute approximate surface area is 120 Å². The molecule has 0 aromatic carbocycles. The van der Waals surface area contributed by atoms with E-state index in [1.807, 2.05) is 0 Å². The number of H-pyrrole nitrogens is 1. The monoisotopic (exact) mass is 279 g/mol. The summed E-state index contributed by atoms with van der Waals surface area (Å²) in [6.07, 6.45) is 6.17. The lowest BCUT2D eigenvalue weighted by atomic mass is 9.75. The number of nitrogens with zero attached hydrogens (tertiary/aromatic N) is 2. The van der Waals surface area contributed by atoms with Crippen molar-refractivity contribution in [3.8, 4) is 0 Å². The molecule has 0 aliphatic heterocycles. The molecule has 1 aromatic heterocycles. The van der Waals surface area contributed by atoms with Crippen molar-refractivity contribution in [1.82, 2.24) is 20.4 Å². The van der Waals surface area contributed by atoms with Gasteiger partial charge in [-0.2, -0.15) is 5.10 Å². The molecule has 0 bridgehead atoms. The van der Waals surface area contributed by atoms with Crippen LogP contribution in [0.5, 0.6) is 0 Å². The Morgan fingerprint density at radius 1 is 1.65 bits per heavy atom. The lowest BCUT2D eigenvalue weighted by Gasteiger charge is -2.45. The second-order valence-electron chi connectivity index (χ2n) is 6.20. The van der Waals surface area contributed by atoms with Crippen molar-refractivity contribution in [1.29, 1.82) is 0 Å². The van der Waals surface area contributed by atoms with Gasteiger partial charge in [0.25, 0.3) is 5.91 Å². The van der Waals surface area contributed by atoms with Crippen molar-refractivity contribution in [3.63, 3.8) is 0 Å². The number of carbonyl (C=O) groups excluding carboxylic acids is 1. The van der Waals surface area contributed by atoms with Gasteiger partial charge in [-0.15, -0.1) is 0 Å². The van der Waals surface area contributed by atoms with Gasteiger partial charge < -0.3 is 16.0 Å². The van der Waals surface area contributed by atoms with Gasteiger partial charge in [0.15, 0.2) is 0 Å². The fraction of sp³-hybridized carbons (Fsp3) is 0.714. The van der Waals surface area contributed by atoms with Gasteiger partial charge in [0.05, 0.1) is 11.9 Å². The lowest BCUT2D eigenvalue weighted by Crippen LogP contribution is -2.55. The number of aromatic amines is 1. The second kappa shape index (κ2) is 5.83. The zero-order valence-electron chi connectivity index (χ0n) is 12.6. The first-order valence-electron chi connectivity index (χ1n) is 7.19. The third-order valence-corrected chi connectivity index (χ3v) is 4.49. The van der Waals surface area contributed by atoms with Crippen LogP contribution in [0.3, 0.4) is 0 Å². The largest absolute Gasteiger partial charge is 0.396 e. The number of likely N-dealkylation sites (N-methyl/N-ethyl adjacent to an activating group) is 1. The number of nitrogen functional groups attached to an aromatic ring is 1. The maximum absolute atomic E-state index is 12.1. The minimum Gasteiger partial charge on any atom is -0.396 e.